The zero-order valence-corrected chi connectivity index (χ0v) is 12.5. The molecule has 2 atom stereocenters. The lowest BCUT2D eigenvalue weighted by Crippen LogP contribution is -2.42. The van der Waals surface area contributed by atoms with Gasteiger partial charge in [0.25, 0.3) is 0 Å². The van der Waals surface area contributed by atoms with Crippen molar-refractivity contribution in [1.82, 2.24) is 4.31 Å². The highest BCUT2D eigenvalue weighted by Gasteiger charge is 2.31. The minimum atomic E-state index is -3.31. The van der Waals surface area contributed by atoms with Gasteiger partial charge in [0.2, 0.25) is 10.0 Å². The van der Waals surface area contributed by atoms with E-state index in [0.717, 1.165) is 6.42 Å². The summed E-state index contributed by atoms with van der Waals surface area (Å²) >= 11 is 0. The van der Waals surface area contributed by atoms with Crippen LogP contribution in [0.25, 0.3) is 0 Å². The lowest BCUT2D eigenvalue weighted by atomic mass is 9.94. The summed E-state index contributed by atoms with van der Waals surface area (Å²) in [6, 6.07) is 0. The Morgan fingerprint density at radius 3 is 2.00 bits per heavy atom. The maximum Gasteiger partial charge on any atom is 0.242 e. The van der Waals surface area contributed by atoms with Gasteiger partial charge in [0.05, 0.1) is 4.91 Å². The average molecular weight is 271 g/mol. The molecule has 0 saturated carbocycles. The lowest BCUT2D eigenvalue weighted by Gasteiger charge is -2.34. The number of sulfonamides is 1. The summed E-state index contributed by atoms with van der Waals surface area (Å²) in [6.07, 6.45) is 4.12. The van der Waals surface area contributed by atoms with Gasteiger partial charge in [0, 0.05) is 13.1 Å². The van der Waals surface area contributed by atoms with Gasteiger partial charge in [-0.3, -0.25) is 0 Å². The maximum atomic E-state index is 12.2. The summed E-state index contributed by atoms with van der Waals surface area (Å²) in [6.45, 7) is 16.7. The summed E-state index contributed by atoms with van der Waals surface area (Å²) in [5.41, 5.74) is 0. The van der Waals surface area contributed by atoms with Crippen LogP contribution in [0.1, 0.15) is 27.2 Å². The van der Waals surface area contributed by atoms with Gasteiger partial charge in [-0.15, -0.1) is 13.2 Å². The third kappa shape index (κ3) is 4.10. The van der Waals surface area contributed by atoms with E-state index in [4.69, 9.17) is 0 Å². The molecule has 1 saturated heterocycles. The largest absolute Gasteiger partial charge is 0.242 e. The normalized spacial score (nSPS) is 26.1. The van der Waals surface area contributed by atoms with E-state index in [2.05, 4.69) is 33.6 Å². The quantitative estimate of drug-likeness (QED) is 0.584. The Morgan fingerprint density at radius 2 is 1.67 bits per heavy atom. The summed E-state index contributed by atoms with van der Waals surface area (Å²) in [7, 11) is -3.31. The van der Waals surface area contributed by atoms with E-state index in [1.54, 1.807) is 17.3 Å². The second-order valence-corrected chi connectivity index (χ2v) is 6.60. The number of allylic oxidation sites excluding steroid dienone is 2. The SMILES string of the molecule is C=C.C=C/C(=C\C)S(=O)(=O)N1CC(C)CC(C)C1. The molecule has 0 bridgehead atoms. The smallest absolute Gasteiger partial charge is 0.207 e. The molecule has 0 spiro atoms. The second-order valence-electron chi connectivity index (χ2n) is 4.66. The predicted octanol–water partition coefficient (Wildman–Crippen LogP) is 3.19. The fourth-order valence-corrected chi connectivity index (χ4v) is 4.03. The van der Waals surface area contributed by atoms with Gasteiger partial charge in [-0.2, -0.15) is 4.31 Å². The van der Waals surface area contributed by atoms with Crippen LogP contribution in [-0.2, 0) is 10.0 Å². The van der Waals surface area contributed by atoms with Crippen molar-refractivity contribution in [3.8, 4) is 0 Å². The number of rotatable bonds is 3. The van der Waals surface area contributed by atoms with Crippen molar-refractivity contribution < 1.29 is 8.42 Å². The first-order valence-electron chi connectivity index (χ1n) is 6.20. The van der Waals surface area contributed by atoms with Crippen molar-refractivity contribution in [2.24, 2.45) is 11.8 Å². The summed E-state index contributed by atoms with van der Waals surface area (Å²) in [5.74, 6) is 0.864. The Balaban J connectivity index is 0.00000137. The molecule has 0 amide bonds. The van der Waals surface area contributed by atoms with Crippen LogP contribution < -0.4 is 0 Å². The molecule has 0 N–H and O–H groups in total. The van der Waals surface area contributed by atoms with Gasteiger partial charge in [-0.05, 0) is 31.3 Å². The minimum Gasteiger partial charge on any atom is -0.207 e. The zero-order chi connectivity index (χ0) is 14.3. The van der Waals surface area contributed by atoms with E-state index >= 15 is 0 Å². The average Bonchev–Trinajstić information content (AvgIpc) is 2.31. The van der Waals surface area contributed by atoms with Gasteiger partial charge in [0.15, 0.2) is 0 Å². The molecule has 2 unspecified atom stereocenters. The second kappa shape index (κ2) is 7.54. The van der Waals surface area contributed by atoms with Crippen LogP contribution in [0, 0.1) is 11.8 Å². The van der Waals surface area contributed by atoms with E-state index in [1.165, 1.54) is 6.08 Å². The Bertz CT molecular complexity index is 388. The molecule has 1 rings (SSSR count). The van der Waals surface area contributed by atoms with Crippen LogP contribution in [0.2, 0.25) is 0 Å². The lowest BCUT2D eigenvalue weighted by molar-refractivity contribution is 0.224. The van der Waals surface area contributed by atoms with Crippen LogP contribution >= 0.6 is 0 Å². The van der Waals surface area contributed by atoms with Crippen molar-refractivity contribution in [1.29, 1.82) is 0 Å². The summed E-state index contributed by atoms with van der Waals surface area (Å²) in [4.78, 5) is 0.314. The highest BCUT2D eigenvalue weighted by atomic mass is 32.2. The van der Waals surface area contributed by atoms with Gasteiger partial charge in [-0.1, -0.05) is 26.5 Å². The molecule has 1 aliphatic heterocycles. The molecule has 0 aliphatic carbocycles. The molecular formula is C14H25NO2S. The third-order valence-electron chi connectivity index (χ3n) is 2.96. The number of hydrogen-bond donors (Lipinski definition) is 0. The minimum absolute atomic E-state index is 0.314. The molecule has 3 nitrogen and oxygen atoms in total. The topological polar surface area (TPSA) is 37.4 Å². The molecule has 0 aromatic heterocycles. The molecule has 18 heavy (non-hydrogen) atoms. The van der Waals surface area contributed by atoms with Crippen molar-refractivity contribution >= 4 is 10.0 Å². The highest BCUT2D eigenvalue weighted by molar-refractivity contribution is 7.93. The predicted molar refractivity (Wildman–Crippen MR) is 78.6 cm³/mol. The van der Waals surface area contributed by atoms with Crippen molar-refractivity contribution in [2.75, 3.05) is 13.1 Å². The number of nitrogens with zero attached hydrogens (tertiary/aromatic N) is 1. The molecule has 0 aromatic rings. The van der Waals surface area contributed by atoms with Gasteiger partial charge >= 0.3 is 0 Å². The maximum absolute atomic E-state index is 12.2. The van der Waals surface area contributed by atoms with Gasteiger partial charge in [0.1, 0.15) is 0 Å². The Morgan fingerprint density at radius 1 is 1.22 bits per heavy atom. The molecule has 104 valence electrons. The van der Waals surface area contributed by atoms with Crippen molar-refractivity contribution in [2.45, 2.75) is 27.2 Å². The Hall–Kier alpha value is -0.870. The van der Waals surface area contributed by atoms with Crippen LogP contribution in [0.4, 0.5) is 0 Å². The highest BCUT2D eigenvalue weighted by Crippen LogP contribution is 2.26. The van der Waals surface area contributed by atoms with Crippen LogP contribution in [0.15, 0.2) is 36.8 Å². The molecule has 1 aliphatic rings. The van der Waals surface area contributed by atoms with E-state index in [0.29, 0.717) is 29.8 Å². The molecule has 1 fully saturated rings. The van der Waals surface area contributed by atoms with Crippen LogP contribution in [0.3, 0.4) is 0 Å². The monoisotopic (exact) mass is 271 g/mol. The van der Waals surface area contributed by atoms with Crippen LogP contribution in [0.5, 0.6) is 0 Å². The number of hydrogen-bond acceptors (Lipinski definition) is 2. The number of piperidine rings is 1. The first-order chi connectivity index (χ1) is 8.41. The zero-order valence-electron chi connectivity index (χ0n) is 11.7. The van der Waals surface area contributed by atoms with E-state index in [-0.39, 0.29) is 0 Å². The molecular weight excluding hydrogens is 246 g/mol. The van der Waals surface area contributed by atoms with Crippen molar-refractivity contribution in [3.05, 3.63) is 36.8 Å². The van der Waals surface area contributed by atoms with Gasteiger partial charge < -0.3 is 0 Å². The standard InChI is InChI=1S/C12H21NO2S.C2H4/c1-5-12(6-2)16(14,15)13-8-10(3)7-11(4)9-13;1-2/h5-6,10-11H,1,7-9H2,2-4H3;1-2H2/b12-6+;. The fraction of sp³-hybridized carbons (Fsp3) is 0.571. The third-order valence-corrected chi connectivity index (χ3v) is 4.93. The first-order valence-corrected chi connectivity index (χ1v) is 7.64. The molecule has 0 radical (unpaired) electrons. The van der Waals surface area contributed by atoms with E-state index in [1.807, 2.05) is 0 Å². The summed E-state index contributed by atoms with van der Waals surface area (Å²) < 4.78 is 26.0. The summed E-state index contributed by atoms with van der Waals surface area (Å²) in [5, 5.41) is 0. The Labute approximate surface area is 112 Å². The van der Waals surface area contributed by atoms with Crippen molar-refractivity contribution in [3.63, 3.8) is 0 Å². The first kappa shape index (κ1) is 17.1. The van der Waals surface area contributed by atoms with E-state index < -0.39 is 10.0 Å². The fourth-order valence-electron chi connectivity index (χ4n) is 2.32. The van der Waals surface area contributed by atoms with Gasteiger partial charge in [-0.25, -0.2) is 8.42 Å². The molecule has 1 heterocycles. The Kier molecular flexibility index (Phi) is 7.18. The van der Waals surface area contributed by atoms with Crippen LogP contribution in [-0.4, -0.2) is 25.8 Å². The molecule has 0 aromatic carbocycles. The molecule has 4 heteroatoms. The van der Waals surface area contributed by atoms with E-state index in [9.17, 15) is 8.42 Å².